The summed E-state index contributed by atoms with van der Waals surface area (Å²) in [4.78, 5) is 11.8. The summed E-state index contributed by atoms with van der Waals surface area (Å²) >= 11 is 0. The molecule has 1 amide bonds. The third-order valence-electron chi connectivity index (χ3n) is 4.00. The van der Waals surface area contributed by atoms with Gasteiger partial charge in [0.15, 0.2) is 11.5 Å². The van der Waals surface area contributed by atoms with Gasteiger partial charge < -0.3 is 20.1 Å². The third-order valence-corrected chi connectivity index (χ3v) is 4.00. The van der Waals surface area contributed by atoms with Crippen LogP contribution in [0.4, 0.5) is 0 Å². The van der Waals surface area contributed by atoms with E-state index in [0.717, 1.165) is 17.1 Å². The molecule has 2 aliphatic rings. The van der Waals surface area contributed by atoms with Crippen molar-refractivity contribution in [3.63, 3.8) is 0 Å². The summed E-state index contributed by atoms with van der Waals surface area (Å²) in [7, 11) is 0. The van der Waals surface area contributed by atoms with Crippen molar-refractivity contribution >= 4 is 5.91 Å². The topological polar surface area (TPSA) is 59.6 Å². The summed E-state index contributed by atoms with van der Waals surface area (Å²) in [5, 5.41) is 6.24. The molecule has 2 N–H and O–H groups in total. The molecule has 0 bridgehead atoms. The van der Waals surface area contributed by atoms with Gasteiger partial charge in [-0.1, -0.05) is 18.9 Å². The number of hydrogen-bond acceptors (Lipinski definition) is 4. The number of hydrogen-bond donors (Lipinski definition) is 2. The van der Waals surface area contributed by atoms with Crippen LogP contribution in [-0.2, 0) is 11.3 Å². The minimum atomic E-state index is 0.0387. The normalized spacial score (nSPS) is 17.7. The molecule has 3 rings (SSSR count). The van der Waals surface area contributed by atoms with E-state index < -0.39 is 0 Å². The number of carbonyl (C=O) groups excluding carboxylic acids is 1. The minimum absolute atomic E-state index is 0.0387. The van der Waals surface area contributed by atoms with Gasteiger partial charge in [-0.3, -0.25) is 4.79 Å². The zero-order valence-electron chi connectivity index (χ0n) is 12.2. The Morgan fingerprint density at radius 1 is 1.14 bits per heavy atom. The Hall–Kier alpha value is -1.75. The van der Waals surface area contributed by atoms with E-state index >= 15 is 0 Å². The van der Waals surface area contributed by atoms with Crippen molar-refractivity contribution in [3.05, 3.63) is 23.8 Å². The largest absolute Gasteiger partial charge is 0.486 e. The number of rotatable bonds is 5. The fourth-order valence-electron chi connectivity index (χ4n) is 2.83. The van der Waals surface area contributed by atoms with Gasteiger partial charge in [0.1, 0.15) is 13.2 Å². The summed E-state index contributed by atoms with van der Waals surface area (Å²) in [6.45, 7) is 2.08. The van der Waals surface area contributed by atoms with Crippen molar-refractivity contribution in [1.82, 2.24) is 10.6 Å². The monoisotopic (exact) mass is 290 g/mol. The Morgan fingerprint density at radius 3 is 2.71 bits per heavy atom. The lowest BCUT2D eigenvalue weighted by Crippen LogP contribution is -2.37. The van der Waals surface area contributed by atoms with E-state index in [1.54, 1.807) is 0 Å². The summed E-state index contributed by atoms with van der Waals surface area (Å²) < 4.78 is 11.0. The Labute approximate surface area is 125 Å². The van der Waals surface area contributed by atoms with Crippen LogP contribution in [0.2, 0.25) is 0 Å². The Morgan fingerprint density at radius 2 is 1.90 bits per heavy atom. The standard InChI is InChI=1S/C16H22N2O3/c19-16(11-17-13-3-1-2-4-13)18-10-12-5-6-14-15(9-12)21-8-7-20-14/h5-6,9,13,17H,1-4,7-8,10-11H2,(H,18,19). The summed E-state index contributed by atoms with van der Waals surface area (Å²) in [6.07, 6.45) is 4.93. The summed E-state index contributed by atoms with van der Waals surface area (Å²) in [5.41, 5.74) is 1.02. The predicted molar refractivity (Wildman–Crippen MR) is 79.5 cm³/mol. The first-order valence-corrected chi connectivity index (χ1v) is 7.70. The third kappa shape index (κ3) is 3.88. The van der Waals surface area contributed by atoms with Gasteiger partial charge in [-0.2, -0.15) is 0 Å². The van der Waals surface area contributed by atoms with Crippen LogP contribution in [0.15, 0.2) is 18.2 Å². The van der Waals surface area contributed by atoms with E-state index in [-0.39, 0.29) is 5.91 Å². The first-order chi connectivity index (χ1) is 10.3. The molecule has 0 atom stereocenters. The number of nitrogens with one attached hydrogen (secondary N) is 2. The van der Waals surface area contributed by atoms with Gasteiger partial charge in [0.05, 0.1) is 6.54 Å². The Balaban J connectivity index is 1.44. The molecule has 0 spiro atoms. The highest BCUT2D eigenvalue weighted by Crippen LogP contribution is 2.30. The molecule has 1 saturated carbocycles. The lowest BCUT2D eigenvalue weighted by molar-refractivity contribution is -0.120. The zero-order chi connectivity index (χ0) is 14.5. The number of fused-ring (bicyclic) bond motifs is 1. The molecule has 0 unspecified atom stereocenters. The van der Waals surface area contributed by atoms with Crippen LogP contribution < -0.4 is 20.1 Å². The second-order valence-electron chi connectivity index (χ2n) is 5.62. The molecule has 1 aromatic carbocycles. The quantitative estimate of drug-likeness (QED) is 0.865. The lowest BCUT2D eigenvalue weighted by atomic mass is 10.2. The highest BCUT2D eigenvalue weighted by atomic mass is 16.6. The van der Waals surface area contributed by atoms with Gasteiger partial charge in [-0.15, -0.1) is 0 Å². The van der Waals surface area contributed by atoms with Crippen LogP contribution in [-0.4, -0.2) is 31.7 Å². The minimum Gasteiger partial charge on any atom is -0.486 e. The molecule has 1 heterocycles. The van der Waals surface area contributed by atoms with Gasteiger partial charge in [0.2, 0.25) is 5.91 Å². The van der Waals surface area contributed by atoms with E-state index in [4.69, 9.17) is 9.47 Å². The second-order valence-corrected chi connectivity index (χ2v) is 5.62. The van der Waals surface area contributed by atoms with E-state index in [1.165, 1.54) is 25.7 Å². The summed E-state index contributed by atoms with van der Waals surface area (Å²) in [6, 6.07) is 6.30. The molecular formula is C16H22N2O3. The summed E-state index contributed by atoms with van der Waals surface area (Å²) in [5.74, 6) is 1.58. The lowest BCUT2D eigenvalue weighted by Gasteiger charge is -2.19. The van der Waals surface area contributed by atoms with Gasteiger partial charge in [0.25, 0.3) is 0 Å². The van der Waals surface area contributed by atoms with E-state index in [0.29, 0.717) is 32.3 Å². The molecule has 0 saturated heterocycles. The first-order valence-electron chi connectivity index (χ1n) is 7.70. The molecule has 1 aromatic rings. The van der Waals surface area contributed by atoms with Crippen molar-refractivity contribution in [2.45, 2.75) is 38.3 Å². The van der Waals surface area contributed by atoms with Crippen molar-refractivity contribution in [2.24, 2.45) is 0 Å². The molecule has 0 aromatic heterocycles. The van der Waals surface area contributed by atoms with Crippen LogP contribution >= 0.6 is 0 Å². The predicted octanol–water partition coefficient (Wildman–Crippen LogP) is 1.61. The Kier molecular flexibility index (Phi) is 4.60. The number of ether oxygens (including phenoxy) is 2. The molecule has 5 nitrogen and oxygen atoms in total. The van der Waals surface area contributed by atoms with Crippen molar-refractivity contribution < 1.29 is 14.3 Å². The number of benzene rings is 1. The van der Waals surface area contributed by atoms with E-state index in [2.05, 4.69) is 10.6 Å². The van der Waals surface area contributed by atoms with Crippen LogP contribution in [0.3, 0.4) is 0 Å². The maximum Gasteiger partial charge on any atom is 0.234 e. The van der Waals surface area contributed by atoms with Gasteiger partial charge in [-0.05, 0) is 30.5 Å². The smallest absolute Gasteiger partial charge is 0.234 e. The maximum absolute atomic E-state index is 11.8. The molecule has 1 fully saturated rings. The number of carbonyl (C=O) groups is 1. The molecule has 1 aliphatic carbocycles. The molecule has 1 aliphatic heterocycles. The highest BCUT2D eigenvalue weighted by Gasteiger charge is 2.15. The molecule has 5 heteroatoms. The van der Waals surface area contributed by atoms with Crippen molar-refractivity contribution in [2.75, 3.05) is 19.8 Å². The van der Waals surface area contributed by atoms with Crippen LogP contribution in [0.25, 0.3) is 0 Å². The number of amides is 1. The van der Waals surface area contributed by atoms with Gasteiger partial charge >= 0.3 is 0 Å². The van der Waals surface area contributed by atoms with E-state index in [9.17, 15) is 4.79 Å². The van der Waals surface area contributed by atoms with Gasteiger partial charge in [0, 0.05) is 12.6 Å². The van der Waals surface area contributed by atoms with Crippen LogP contribution in [0.5, 0.6) is 11.5 Å². The molecule has 114 valence electrons. The van der Waals surface area contributed by atoms with Crippen molar-refractivity contribution in [1.29, 1.82) is 0 Å². The van der Waals surface area contributed by atoms with Gasteiger partial charge in [-0.25, -0.2) is 0 Å². The molecule has 0 radical (unpaired) electrons. The first kappa shape index (κ1) is 14.2. The Bertz CT molecular complexity index is 498. The molecule has 21 heavy (non-hydrogen) atoms. The van der Waals surface area contributed by atoms with Crippen molar-refractivity contribution in [3.8, 4) is 11.5 Å². The fourth-order valence-corrected chi connectivity index (χ4v) is 2.83. The maximum atomic E-state index is 11.8. The van der Waals surface area contributed by atoms with E-state index in [1.807, 2.05) is 18.2 Å². The molecular weight excluding hydrogens is 268 g/mol. The average Bonchev–Trinajstić information content (AvgIpc) is 3.04. The van der Waals surface area contributed by atoms with Crippen LogP contribution in [0, 0.1) is 0 Å². The van der Waals surface area contributed by atoms with Crippen LogP contribution in [0.1, 0.15) is 31.2 Å². The zero-order valence-corrected chi connectivity index (χ0v) is 12.2. The average molecular weight is 290 g/mol. The highest BCUT2D eigenvalue weighted by molar-refractivity contribution is 5.78. The fraction of sp³-hybridized carbons (Fsp3) is 0.562. The second kappa shape index (κ2) is 6.80. The SMILES string of the molecule is O=C(CNC1CCCC1)NCc1ccc2c(c1)OCCO2.